The van der Waals surface area contributed by atoms with Gasteiger partial charge in [-0.1, -0.05) is 18.1 Å². The SMILES string of the molecule is CC#Cc1ccc(C(N)=O)c2c1cnn2Cc1ccc(-n2cccn2)cc1. The minimum atomic E-state index is -0.480. The van der Waals surface area contributed by atoms with Crippen molar-refractivity contribution in [1.29, 1.82) is 0 Å². The van der Waals surface area contributed by atoms with Crippen LogP contribution in [-0.4, -0.2) is 25.5 Å². The van der Waals surface area contributed by atoms with Crippen molar-refractivity contribution in [3.8, 4) is 17.5 Å². The van der Waals surface area contributed by atoms with Crippen molar-refractivity contribution >= 4 is 16.8 Å². The van der Waals surface area contributed by atoms with Gasteiger partial charge in [-0.2, -0.15) is 10.2 Å². The van der Waals surface area contributed by atoms with Crippen molar-refractivity contribution in [2.75, 3.05) is 0 Å². The molecule has 2 heterocycles. The molecule has 0 aliphatic heterocycles. The van der Waals surface area contributed by atoms with Crippen LogP contribution in [0.2, 0.25) is 0 Å². The summed E-state index contributed by atoms with van der Waals surface area (Å²) in [6.07, 6.45) is 5.37. The predicted molar refractivity (Wildman–Crippen MR) is 103 cm³/mol. The number of aromatic nitrogens is 4. The van der Waals surface area contributed by atoms with Gasteiger partial charge in [0.1, 0.15) is 0 Å². The molecule has 0 saturated heterocycles. The Morgan fingerprint density at radius 2 is 1.96 bits per heavy atom. The highest BCUT2D eigenvalue weighted by molar-refractivity contribution is 6.06. The molecule has 2 N–H and O–H groups in total. The first-order valence-corrected chi connectivity index (χ1v) is 8.47. The fourth-order valence-corrected chi connectivity index (χ4v) is 3.11. The average molecular weight is 355 g/mol. The van der Waals surface area contributed by atoms with Crippen LogP contribution < -0.4 is 5.73 Å². The first-order valence-electron chi connectivity index (χ1n) is 8.47. The number of rotatable bonds is 4. The summed E-state index contributed by atoms with van der Waals surface area (Å²) in [4.78, 5) is 11.9. The molecule has 0 spiro atoms. The van der Waals surface area contributed by atoms with Crippen LogP contribution in [0.15, 0.2) is 61.1 Å². The quantitative estimate of drug-likeness (QED) is 0.572. The maximum atomic E-state index is 11.9. The normalized spacial score (nSPS) is 10.6. The van der Waals surface area contributed by atoms with Gasteiger partial charge in [0.2, 0.25) is 0 Å². The van der Waals surface area contributed by atoms with E-state index in [1.54, 1.807) is 34.7 Å². The molecule has 6 heteroatoms. The number of fused-ring (bicyclic) bond motifs is 1. The molecule has 4 aromatic rings. The lowest BCUT2D eigenvalue weighted by Crippen LogP contribution is -2.14. The largest absolute Gasteiger partial charge is 0.366 e. The monoisotopic (exact) mass is 355 g/mol. The fraction of sp³-hybridized carbons (Fsp3) is 0.0952. The van der Waals surface area contributed by atoms with Crippen LogP contribution in [0.4, 0.5) is 0 Å². The molecule has 6 nitrogen and oxygen atoms in total. The molecule has 0 radical (unpaired) electrons. The van der Waals surface area contributed by atoms with Crippen LogP contribution in [0, 0.1) is 11.8 Å². The molecule has 0 bridgehead atoms. The summed E-state index contributed by atoms with van der Waals surface area (Å²) in [5, 5.41) is 9.53. The number of nitrogens with two attached hydrogens (primary N) is 1. The lowest BCUT2D eigenvalue weighted by molar-refractivity contribution is 0.100. The van der Waals surface area contributed by atoms with E-state index in [0.717, 1.165) is 22.2 Å². The molecule has 0 unspecified atom stereocenters. The third kappa shape index (κ3) is 3.07. The fourth-order valence-electron chi connectivity index (χ4n) is 3.11. The van der Waals surface area contributed by atoms with E-state index in [0.29, 0.717) is 17.6 Å². The summed E-state index contributed by atoms with van der Waals surface area (Å²) in [6, 6.07) is 13.4. The number of carbonyl (C=O) groups is 1. The lowest BCUT2D eigenvalue weighted by Gasteiger charge is -2.08. The van der Waals surface area contributed by atoms with Gasteiger partial charge in [0.25, 0.3) is 5.91 Å². The Kier molecular flexibility index (Phi) is 4.19. The van der Waals surface area contributed by atoms with Crippen molar-refractivity contribution < 1.29 is 4.79 Å². The van der Waals surface area contributed by atoms with Crippen molar-refractivity contribution in [3.63, 3.8) is 0 Å². The van der Waals surface area contributed by atoms with Crippen molar-refractivity contribution in [2.24, 2.45) is 5.73 Å². The maximum absolute atomic E-state index is 11.9. The topological polar surface area (TPSA) is 78.7 Å². The van der Waals surface area contributed by atoms with E-state index in [4.69, 9.17) is 5.73 Å². The zero-order valence-electron chi connectivity index (χ0n) is 14.8. The molecule has 0 atom stereocenters. The van der Waals surface area contributed by atoms with Crippen molar-refractivity contribution in [2.45, 2.75) is 13.5 Å². The van der Waals surface area contributed by atoms with Crippen LogP contribution in [0.3, 0.4) is 0 Å². The molecule has 0 fully saturated rings. The summed E-state index contributed by atoms with van der Waals surface area (Å²) < 4.78 is 3.59. The third-order valence-electron chi connectivity index (χ3n) is 4.36. The molecule has 27 heavy (non-hydrogen) atoms. The summed E-state index contributed by atoms with van der Waals surface area (Å²) >= 11 is 0. The zero-order chi connectivity index (χ0) is 18.8. The van der Waals surface area contributed by atoms with E-state index in [1.165, 1.54) is 0 Å². The van der Waals surface area contributed by atoms with Gasteiger partial charge >= 0.3 is 0 Å². The Bertz CT molecular complexity index is 1180. The highest BCUT2D eigenvalue weighted by Crippen LogP contribution is 2.23. The Morgan fingerprint density at radius 3 is 2.63 bits per heavy atom. The van der Waals surface area contributed by atoms with Gasteiger partial charge < -0.3 is 5.73 Å². The second-order valence-corrected chi connectivity index (χ2v) is 6.08. The van der Waals surface area contributed by atoms with Gasteiger partial charge in [-0.15, -0.1) is 5.92 Å². The van der Waals surface area contributed by atoms with E-state index in [2.05, 4.69) is 22.0 Å². The van der Waals surface area contributed by atoms with Crippen molar-refractivity contribution in [1.82, 2.24) is 19.6 Å². The zero-order valence-corrected chi connectivity index (χ0v) is 14.8. The second kappa shape index (κ2) is 6.81. The molecule has 0 aliphatic rings. The third-order valence-corrected chi connectivity index (χ3v) is 4.36. The number of amides is 1. The van der Waals surface area contributed by atoms with Crippen LogP contribution in [0.5, 0.6) is 0 Å². The van der Waals surface area contributed by atoms with Crippen LogP contribution >= 0.6 is 0 Å². The van der Waals surface area contributed by atoms with Gasteiger partial charge in [0.05, 0.1) is 29.5 Å². The maximum Gasteiger partial charge on any atom is 0.250 e. The number of benzene rings is 2. The molecule has 2 aromatic carbocycles. The second-order valence-electron chi connectivity index (χ2n) is 6.08. The van der Waals surface area contributed by atoms with E-state index in [1.807, 2.05) is 42.6 Å². The Morgan fingerprint density at radius 1 is 1.15 bits per heavy atom. The number of hydrogen-bond acceptors (Lipinski definition) is 3. The van der Waals surface area contributed by atoms with Crippen LogP contribution in [-0.2, 0) is 6.54 Å². The molecule has 2 aromatic heterocycles. The summed E-state index contributed by atoms with van der Waals surface area (Å²) in [7, 11) is 0. The molecule has 1 amide bonds. The van der Waals surface area contributed by atoms with E-state index >= 15 is 0 Å². The van der Waals surface area contributed by atoms with Gasteiger partial charge in [-0.3, -0.25) is 9.48 Å². The van der Waals surface area contributed by atoms with Crippen molar-refractivity contribution in [3.05, 3.63) is 77.7 Å². The Balaban J connectivity index is 1.74. The summed E-state index contributed by atoms with van der Waals surface area (Å²) in [5.74, 6) is 5.46. The molecule has 132 valence electrons. The van der Waals surface area contributed by atoms with Gasteiger partial charge in [0.15, 0.2) is 0 Å². The van der Waals surface area contributed by atoms with Crippen LogP contribution in [0.1, 0.15) is 28.4 Å². The lowest BCUT2D eigenvalue weighted by atomic mass is 10.1. The highest BCUT2D eigenvalue weighted by Gasteiger charge is 2.15. The number of carbonyl (C=O) groups excluding carboxylic acids is 1. The highest BCUT2D eigenvalue weighted by atomic mass is 16.1. The standard InChI is InChI=1S/C21H17N5O/c1-2-4-16-7-10-18(21(22)27)20-19(16)13-24-26(20)14-15-5-8-17(9-6-15)25-12-3-11-23-25/h3,5-13H,14H2,1H3,(H2,22,27). The Labute approximate surface area is 156 Å². The number of nitrogens with zero attached hydrogens (tertiary/aromatic N) is 4. The Hall–Kier alpha value is -3.85. The predicted octanol–water partition coefficient (Wildman–Crippen LogP) is 2.74. The van der Waals surface area contributed by atoms with E-state index in [-0.39, 0.29) is 0 Å². The smallest absolute Gasteiger partial charge is 0.250 e. The molecular formula is C21H17N5O. The summed E-state index contributed by atoms with van der Waals surface area (Å²) in [6.45, 7) is 2.30. The molecular weight excluding hydrogens is 338 g/mol. The molecule has 0 aliphatic carbocycles. The first-order chi connectivity index (χ1) is 13.2. The first kappa shape index (κ1) is 16.6. The van der Waals surface area contributed by atoms with E-state index < -0.39 is 5.91 Å². The van der Waals surface area contributed by atoms with E-state index in [9.17, 15) is 4.79 Å². The van der Waals surface area contributed by atoms with Gasteiger partial charge in [-0.05, 0) is 42.8 Å². The number of hydrogen-bond donors (Lipinski definition) is 1. The molecule has 4 rings (SSSR count). The molecule has 0 saturated carbocycles. The average Bonchev–Trinajstić information content (AvgIpc) is 3.34. The minimum Gasteiger partial charge on any atom is -0.366 e. The minimum absolute atomic E-state index is 0.442. The van der Waals surface area contributed by atoms with Crippen LogP contribution in [0.25, 0.3) is 16.6 Å². The number of primary amides is 1. The summed E-state index contributed by atoms with van der Waals surface area (Å²) in [5.41, 5.74) is 9.59. The van der Waals surface area contributed by atoms with Gasteiger partial charge in [-0.25, -0.2) is 4.68 Å². The van der Waals surface area contributed by atoms with Gasteiger partial charge in [0, 0.05) is 23.3 Å².